The van der Waals surface area contributed by atoms with Crippen molar-refractivity contribution >= 4 is 6.01 Å². The molecular weight excluding hydrogens is 282 g/mol. The van der Waals surface area contributed by atoms with Crippen LogP contribution in [0.25, 0.3) is 0 Å². The maximum atomic E-state index is 5.91. The number of nitrogens with zero attached hydrogens (tertiary/aromatic N) is 2. The van der Waals surface area contributed by atoms with Crippen LogP contribution in [0.1, 0.15) is 37.3 Å². The zero-order valence-corrected chi connectivity index (χ0v) is 13.2. The van der Waals surface area contributed by atoms with Gasteiger partial charge in [-0.25, -0.2) is 0 Å². The molecule has 0 radical (unpaired) electrons. The normalized spacial score (nSPS) is 16.2. The first-order valence-corrected chi connectivity index (χ1v) is 7.62. The Balaban J connectivity index is 1.75. The predicted octanol–water partition coefficient (Wildman–Crippen LogP) is 2.97. The van der Waals surface area contributed by atoms with Crippen LogP contribution in [-0.4, -0.2) is 23.4 Å². The molecule has 1 aliphatic heterocycles. The molecule has 1 aliphatic rings. The molecule has 118 valence electrons. The average Bonchev–Trinajstić information content (AvgIpc) is 3.10. The van der Waals surface area contributed by atoms with Gasteiger partial charge in [0.05, 0.1) is 7.11 Å². The summed E-state index contributed by atoms with van der Waals surface area (Å²) in [4.78, 5) is 0. The monoisotopic (exact) mass is 303 g/mol. The fourth-order valence-corrected chi connectivity index (χ4v) is 2.64. The highest BCUT2D eigenvalue weighted by Gasteiger charge is 2.23. The van der Waals surface area contributed by atoms with Gasteiger partial charge in [-0.3, -0.25) is 0 Å². The highest BCUT2D eigenvalue weighted by Crippen LogP contribution is 2.36. The van der Waals surface area contributed by atoms with Crippen LogP contribution in [-0.2, 0) is 19.4 Å². The summed E-state index contributed by atoms with van der Waals surface area (Å²) in [7, 11) is 1.67. The Morgan fingerprint density at radius 1 is 1.36 bits per heavy atom. The van der Waals surface area contributed by atoms with E-state index < -0.39 is 0 Å². The largest absolute Gasteiger partial charge is 0.497 e. The van der Waals surface area contributed by atoms with E-state index in [0.717, 1.165) is 36.3 Å². The Labute approximate surface area is 129 Å². The van der Waals surface area contributed by atoms with Gasteiger partial charge in [0.25, 0.3) is 0 Å². The molecule has 6 nitrogen and oxygen atoms in total. The maximum Gasteiger partial charge on any atom is 0.315 e. The van der Waals surface area contributed by atoms with Crippen molar-refractivity contribution in [1.29, 1.82) is 0 Å². The Kier molecular flexibility index (Phi) is 4.18. The fraction of sp³-hybridized carbons (Fsp3) is 0.500. The third-order valence-corrected chi connectivity index (χ3v) is 3.64. The molecule has 0 spiro atoms. The van der Waals surface area contributed by atoms with Gasteiger partial charge in [-0.15, -0.1) is 5.10 Å². The Morgan fingerprint density at radius 2 is 2.23 bits per heavy atom. The second-order valence-electron chi connectivity index (χ2n) is 5.51. The summed E-state index contributed by atoms with van der Waals surface area (Å²) in [6, 6.07) is 4.45. The van der Waals surface area contributed by atoms with E-state index >= 15 is 0 Å². The van der Waals surface area contributed by atoms with E-state index in [1.807, 2.05) is 12.1 Å². The van der Waals surface area contributed by atoms with Crippen LogP contribution in [0.3, 0.4) is 0 Å². The van der Waals surface area contributed by atoms with Crippen LogP contribution in [0.2, 0.25) is 0 Å². The van der Waals surface area contributed by atoms with E-state index in [-0.39, 0.29) is 6.10 Å². The molecule has 1 aromatic carbocycles. The van der Waals surface area contributed by atoms with Crippen molar-refractivity contribution in [2.45, 2.75) is 45.8 Å². The van der Waals surface area contributed by atoms with Crippen molar-refractivity contribution in [3.05, 3.63) is 29.2 Å². The van der Waals surface area contributed by atoms with E-state index in [4.69, 9.17) is 13.9 Å². The summed E-state index contributed by atoms with van der Waals surface area (Å²) in [6.45, 7) is 4.70. The van der Waals surface area contributed by atoms with Gasteiger partial charge in [0, 0.05) is 30.5 Å². The molecule has 2 heterocycles. The number of hydrogen-bond acceptors (Lipinski definition) is 6. The van der Waals surface area contributed by atoms with Crippen LogP contribution in [0, 0.1) is 0 Å². The lowest BCUT2D eigenvalue weighted by atomic mass is 10.1. The van der Waals surface area contributed by atoms with Crippen molar-refractivity contribution in [2.24, 2.45) is 0 Å². The minimum absolute atomic E-state index is 0.195. The van der Waals surface area contributed by atoms with Gasteiger partial charge >= 0.3 is 6.01 Å². The number of benzene rings is 1. The number of anilines is 1. The van der Waals surface area contributed by atoms with Gasteiger partial charge in [0.1, 0.15) is 17.6 Å². The number of nitrogens with one attached hydrogen (secondary N) is 1. The summed E-state index contributed by atoms with van der Waals surface area (Å²) < 4.78 is 16.8. The topological polar surface area (TPSA) is 69.4 Å². The summed E-state index contributed by atoms with van der Waals surface area (Å²) in [5.41, 5.74) is 2.22. The van der Waals surface area contributed by atoms with Crippen molar-refractivity contribution in [1.82, 2.24) is 10.2 Å². The molecule has 1 N–H and O–H groups in total. The number of hydrogen-bond donors (Lipinski definition) is 1. The molecule has 1 atom stereocenters. The number of aromatic nitrogens is 2. The van der Waals surface area contributed by atoms with Crippen LogP contribution in [0.4, 0.5) is 6.01 Å². The van der Waals surface area contributed by atoms with Crippen LogP contribution >= 0.6 is 0 Å². The first-order valence-electron chi connectivity index (χ1n) is 7.62. The molecular formula is C16H21N3O3. The summed E-state index contributed by atoms with van der Waals surface area (Å²) in [5.74, 6) is 2.44. The molecule has 0 saturated carbocycles. The lowest BCUT2D eigenvalue weighted by molar-refractivity contribution is 0.252. The summed E-state index contributed by atoms with van der Waals surface area (Å²) in [6.07, 6.45) is 2.88. The molecule has 1 unspecified atom stereocenters. The molecule has 22 heavy (non-hydrogen) atoms. The van der Waals surface area contributed by atoms with E-state index in [9.17, 15) is 0 Å². The highest BCUT2D eigenvalue weighted by molar-refractivity contribution is 5.50. The number of aryl methyl sites for hydroxylation is 1. The molecule has 2 aromatic rings. The first kappa shape index (κ1) is 14.7. The van der Waals surface area contributed by atoms with E-state index in [1.165, 1.54) is 5.56 Å². The van der Waals surface area contributed by atoms with Crippen LogP contribution in [0.15, 0.2) is 16.5 Å². The van der Waals surface area contributed by atoms with Gasteiger partial charge in [-0.2, -0.15) is 0 Å². The van der Waals surface area contributed by atoms with E-state index in [1.54, 1.807) is 7.11 Å². The van der Waals surface area contributed by atoms with Crippen LogP contribution in [0.5, 0.6) is 11.5 Å². The molecule has 3 rings (SSSR count). The average molecular weight is 303 g/mol. The van der Waals surface area contributed by atoms with Crippen molar-refractivity contribution in [3.8, 4) is 11.5 Å². The number of methoxy groups -OCH3 is 1. The van der Waals surface area contributed by atoms with E-state index in [2.05, 4.69) is 29.4 Å². The third kappa shape index (κ3) is 3.00. The fourth-order valence-electron chi connectivity index (χ4n) is 2.64. The van der Waals surface area contributed by atoms with Crippen LogP contribution < -0.4 is 14.8 Å². The molecule has 0 amide bonds. The standard InChI is InChI=1S/C16H21N3O3/c1-4-5-14-18-19-16(22-14)17-9-12-8-13(20-3)7-11-6-10(2)21-15(11)12/h7-8,10H,4-6,9H2,1-3H3,(H,17,19). The SMILES string of the molecule is CCCc1nnc(NCc2cc(OC)cc3c2OC(C)C3)o1. The number of rotatable bonds is 6. The van der Waals surface area contributed by atoms with Crippen molar-refractivity contribution < 1.29 is 13.9 Å². The molecule has 1 aromatic heterocycles. The number of ether oxygens (including phenoxy) is 2. The Bertz CT molecular complexity index is 654. The van der Waals surface area contributed by atoms with Gasteiger partial charge in [0.15, 0.2) is 0 Å². The Morgan fingerprint density at radius 3 is 3.00 bits per heavy atom. The highest BCUT2D eigenvalue weighted by atomic mass is 16.5. The minimum atomic E-state index is 0.195. The van der Waals surface area contributed by atoms with E-state index in [0.29, 0.717) is 18.5 Å². The maximum absolute atomic E-state index is 5.91. The zero-order chi connectivity index (χ0) is 15.5. The first-order chi connectivity index (χ1) is 10.7. The van der Waals surface area contributed by atoms with Gasteiger partial charge < -0.3 is 19.2 Å². The molecule has 0 fully saturated rings. The Hall–Kier alpha value is -2.24. The second kappa shape index (κ2) is 6.25. The molecule has 0 saturated heterocycles. The summed E-state index contributed by atoms with van der Waals surface area (Å²) in [5, 5.41) is 11.2. The minimum Gasteiger partial charge on any atom is -0.497 e. The van der Waals surface area contributed by atoms with Gasteiger partial charge in [-0.1, -0.05) is 12.0 Å². The van der Waals surface area contributed by atoms with Gasteiger partial charge in [-0.05, 0) is 25.5 Å². The zero-order valence-electron chi connectivity index (χ0n) is 13.2. The lowest BCUT2D eigenvalue weighted by Gasteiger charge is -2.11. The number of fused-ring (bicyclic) bond motifs is 1. The quantitative estimate of drug-likeness (QED) is 0.884. The smallest absolute Gasteiger partial charge is 0.315 e. The summed E-state index contributed by atoms with van der Waals surface area (Å²) >= 11 is 0. The molecule has 0 aliphatic carbocycles. The molecule has 6 heteroatoms. The lowest BCUT2D eigenvalue weighted by Crippen LogP contribution is -2.07. The molecule has 0 bridgehead atoms. The van der Waals surface area contributed by atoms with Crippen molar-refractivity contribution in [3.63, 3.8) is 0 Å². The van der Waals surface area contributed by atoms with Gasteiger partial charge in [0.2, 0.25) is 5.89 Å². The van der Waals surface area contributed by atoms with Crippen molar-refractivity contribution in [2.75, 3.05) is 12.4 Å². The second-order valence-corrected chi connectivity index (χ2v) is 5.51. The third-order valence-electron chi connectivity index (χ3n) is 3.64. The predicted molar refractivity (Wildman–Crippen MR) is 82.4 cm³/mol.